The molecule has 1 heterocycles. The van der Waals surface area contributed by atoms with Crippen LogP contribution in [0.15, 0.2) is 23.1 Å². The van der Waals surface area contributed by atoms with Crippen LogP contribution in [0.4, 0.5) is 0 Å². The summed E-state index contributed by atoms with van der Waals surface area (Å²) in [5.74, 6) is 0.589. The smallest absolute Gasteiger partial charge is 0.244 e. The summed E-state index contributed by atoms with van der Waals surface area (Å²) in [6.45, 7) is 4.17. The molecule has 7 nitrogen and oxygen atoms in total. The molecule has 1 amide bonds. The lowest BCUT2D eigenvalue weighted by molar-refractivity contribution is -0.129. The Bertz CT molecular complexity index is 687. The zero-order valence-corrected chi connectivity index (χ0v) is 14.5. The lowest BCUT2D eigenvalue weighted by atomic mass is 10.3. The van der Waals surface area contributed by atoms with Crippen molar-refractivity contribution < 1.29 is 22.7 Å². The molecule has 8 heteroatoms. The summed E-state index contributed by atoms with van der Waals surface area (Å²) in [7, 11) is -0.962. The van der Waals surface area contributed by atoms with Crippen LogP contribution in [0.5, 0.6) is 11.5 Å². The highest BCUT2D eigenvalue weighted by atomic mass is 32.2. The molecule has 1 aliphatic heterocycles. The van der Waals surface area contributed by atoms with Crippen molar-refractivity contribution >= 4 is 15.9 Å². The minimum absolute atomic E-state index is 0.00482. The summed E-state index contributed by atoms with van der Waals surface area (Å²) in [4.78, 5) is 13.6. The molecule has 0 aliphatic carbocycles. The number of amides is 1. The predicted octanol–water partition coefficient (Wildman–Crippen LogP) is 0.991. The van der Waals surface area contributed by atoms with E-state index in [-0.39, 0.29) is 29.0 Å². The quantitative estimate of drug-likeness (QED) is 0.833. The minimum atomic E-state index is -3.83. The number of methoxy groups -OCH3 is 2. The van der Waals surface area contributed by atoms with E-state index in [0.29, 0.717) is 12.3 Å². The van der Waals surface area contributed by atoms with E-state index in [2.05, 4.69) is 4.72 Å². The molecule has 2 rings (SSSR count). The van der Waals surface area contributed by atoms with Crippen molar-refractivity contribution in [3.63, 3.8) is 0 Å². The summed E-state index contributed by atoms with van der Waals surface area (Å²) >= 11 is 0. The lowest BCUT2D eigenvalue weighted by Crippen LogP contribution is -2.38. The van der Waals surface area contributed by atoms with Crippen molar-refractivity contribution in [3.8, 4) is 11.5 Å². The second kappa shape index (κ2) is 6.76. The van der Waals surface area contributed by atoms with Gasteiger partial charge in [0.15, 0.2) is 0 Å². The van der Waals surface area contributed by atoms with Gasteiger partial charge >= 0.3 is 0 Å². The molecule has 1 unspecified atom stereocenters. The molecular formula is C15H22N2O5S. The molecule has 1 aromatic carbocycles. The Kier molecular flexibility index (Phi) is 5.16. The van der Waals surface area contributed by atoms with Gasteiger partial charge in [-0.1, -0.05) is 0 Å². The first kappa shape index (κ1) is 17.6. The SMILES string of the molecule is COc1ccc(OC)c(S(=O)(=O)NC2CC(=O)N(C(C)C)C2)c1. The molecule has 1 aromatic rings. The highest BCUT2D eigenvalue weighted by Crippen LogP contribution is 2.29. The fourth-order valence-electron chi connectivity index (χ4n) is 2.59. The van der Waals surface area contributed by atoms with Crippen LogP contribution >= 0.6 is 0 Å². The number of sulfonamides is 1. The van der Waals surface area contributed by atoms with Crippen LogP contribution in [-0.2, 0) is 14.8 Å². The molecule has 0 saturated carbocycles. The van der Waals surface area contributed by atoms with Crippen LogP contribution in [-0.4, -0.2) is 52.1 Å². The number of hydrogen-bond acceptors (Lipinski definition) is 5. The Morgan fingerprint density at radius 3 is 2.48 bits per heavy atom. The van der Waals surface area contributed by atoms with E-state index in [1.807, 2.05) is 13.8 Å². The number of nitrogens with one attached hydrogen (secondary N) is 1. The second-order valence-electron chi connectivity index (χ2n) is 5.68. The minimum Gasteiger partial charge on any atom is -0.497 e. The molecular weight excluding hydrogens is 320 g/mol. The summed E-state index contributed by atoms with van der Waals surface area (Å²) in [5, 5.41) is 0. The number of rotatable bonds is 6. The average Bonchev–Trinajstić information content (AvgIpc) is 2.86. The third kappa shape index (κ3) is 3.76. The van der Waals surface area contributed by atoms with Gasteiger partial charge in [0, 0.05) is 31.1 Å². The number of benzene rings is 1. The summed E-state index contributed by atoms with van der Waals surface area (Å²) in [5.41, 5.74) is 0. The molecule has 1 fully saturated rings. The van der Waals surface area contributed by atoms with E-state index in [1.165, 1.54) is 26.4 Å². The third-order valence-electron chi connectivity index (χ3n) is 3.76. The van der Waals surface area contributed by atoms with Gasteiger partial charge in [-0.25, -0.2) is 13.1 Å². The van der Waals surface area contributed by atoms with E-state index < -0.39 is 16.1 Å². The first-order valence-corrected chi connectivity index (χ1v) is 8.80. The molecule has 1 saturated heterocycles. The average molecular weight is 342 g/mol. The molecule has 0 radical (unpaired) electrons. The van der Waals surface area contributed by atoms with Crippen LogP contribution < -0.4 is 14.2 Å². The Labute approximate surface area is 136 Å². The maximum Gasteiger partial charge on any atom is 0.244 e. The summed E-state index contributed by atoms with van der Waals surface area (Å²) in [6, 6.07) is 4.15. The van der Waals surface area contributed by atoms with Gasteiger partial charge in [-0.05, 0) is 26.0 Å². The summed E-state index contributed by atoms with van der Waals surface area (Å²) < 4.78 is 38.1. The van der Waals surface area contributed by atoms with Crippen molar-refractivity contribution in [1.82, 2.24) is 9.62 Å². The first-order valence-electron chi connectivity index (χ1n) is 7.32. The molecule has 128 valence electrons. The van der Waals surface area contributed by atoms with E-state index in [0.717, 1.165) is 0 Å². The zero-order valence-electron chi connectivity index (χ0n) is 13.7. The maximum absolute atomic E-state index is 12.6. The van der Waals surface area contributed by atoms with Gasteiger partial charge in [-0.2, -0.15) is 0 Å². The predicted molar refractivity (Wildman–Crippen MR) is 85.1 cm³/mol. The molecule has 0 spiro atoms. The monoisotopic (exact) mass is 342 g/mol. The van der Waals surface area contributed by atoms with E-state index >= 15 is 0 Å². The molecule has 1 atom stereocenters. The first-order chi connectivity index (χ1) is 10.8. The van der Waals surface area contributed by atoms with Crippen molar-refractivity contribution in [2.75, 3.05) is 20.8 Å². The summed E-state index contributed by atoms with van der Waals surface area (Å²) in [6.07, 6.45) is 0.156. The van der Waals surface area contributed by atoms with Crippen molar-refractivity contribution in [2.24, 2.45) is 0 Å². The fraction of sp³-hybridized carbons (Fsp3) is 0.533. The largest absolute Gasteiger partial charge is 0.497 e. The third-order valence-corrected chi connectivity index (χ3v) is 5.31. The number of likely N-dealkylation sites (tertiary alicyclic amines) is 1. The Hall–Kier alpha value is -1.80. The molecule has 0 bridgehead atoms. The van der Waals surface area contributed by atoms with E-state index in [4.69, 9.17) is 9.47 Å². The van der Waals surface area contributed by atoms with Crippen LogP contribution in [0.2, 0.25) is 0 Å². The number of hydrogen-bond donors (Lipinski definition) is 1. The Morgan fingerprint density at radius 2 is 1.96 bits per heavy atom. The number of carbonyl (C=O) groups excluding carboxylic acids is 1. The van der Waals surface area contributed by atoms with Crippen LogP contribution in [0.3, 0.4) is 0 Å². The van der Waals surface area contributed by atoms with Gasteiger partial charge in [-0.15, -0.1) is 0 Å². The topological polar surface area (TPSA) is 84.9 Å². The van der Waals surface area contributed by atoms with Gasteiger partial charge in [0.2, 0.25) is 15.9 Å². The highest BCUT2D eigenvalue weighted by molar-refractivity contribution is 7.89. The van der Waals surface area contributed by atoms with Gasteiger partial charge in [-0.3, -0.25) is 4.79 Å². The Morgan fingerprint density at radius 1 is 1.26 bits per heavy atom. The van der Waals surface area contributed by atoms with Crippen LogP contribution in [0, 0.1) is 0 Å². The second-order valence-corrected chi connectivity index (χ2v) is 7.36. The van der Waals surface area contributed by atoms with Gasteiger partial charge in [0.25, 0.3) is 0 Å². The van der Waals surface area contributed by atoms with Gasteiger partial charge < -0.3 is 14.4 Å². The van der Waals surface area contributed by atoms with Crippen LogP contribution in [0.25, 0.3) is 0 Å². The van der Waals surface area contributed by atoms with E-state index in [9.17, 15) is 13.2 Å². The number of nitrogens with zero attached hydrogens (tertiary/aromatic N) is 1. The van der Waals surface area contributed by atoms with Crippen LogP contribution in [0.1, 0.15) is 20.3 Å². The lowest BCUT2D eigenvalue weighted by Gasteiger charge is -2.21. The zero-order chi connectivity index (χ0) is 17.2. The standard InChI is InChI=1S/C15H22N2O5S/c1-10(2)17-9-11(7-15(17)18)16-23(19,20)14-8-12(21-3)5-6-13(14)22-4/h5-6,8,10-11,16H,7,9H2,1-4H3. The molecule has 23 heavy (non-hydrogen) atoms. The van der Waals surface area contributed by atoms with E-state index in [1.54, 1.807) is 11.0 Å². The molecule has 0 aromatic heterocycles. The van der Waals surface area contributed by atoms with Gasteiger partial charge in [0.1, 0.15) is 16.4 Å². The van der Waals surface area contributed by atoms with Crippen molar-refractivity contribution in [2.45, 2.75) is 37.2 Å². The van der Waals surface area contributed by atoms with Crippen molar-refractivity contribution in [1.29, 1.82) is 0 Å². The Balaban J connectivity index is 2.25. The van der Waals surface area contributed by atoms with Crippen molar-refractivity contribution in [3.05, 3.63) is 18.2 Å². The maximum atomic E-state index is 12.6. The fourth-order valence-corrected chi connectivity index (χ4v) is 4.00. The molecule has 1 N–H and O–H groups in total. The molecule has 1 aliphatic rings. The highest BCUT2D eigenvalue weighted by Gasteiger charge is 2.34. The number of ether oxygens (including phenoxy) is 2. The number of carbonyl (C=O) groups is 1. The normalized spacial score (nSPS) is 18.6. The van der Waals surface area contributed by atoms with Gasteiger partial charge in [0.05, 0.1) is 14.2 Å².